The molecule has 0 saturated carbocycles. The van der Waals surface area contributed by atoms with Gasteiger partial charge in [0, 0.05) is 6.54 Å². The molecule has 0 bridgehead atoms. The van der Waals surface area contributed by atoms with Crippen LogP contribution < -0.4 is 14.8 Å². The van der Waals surface area contributed by atoms with Crippen molar-refractivity contribution in [3.63, 3.8) is 0 Å². The molecule has 1 amide bonds. The van der Waals surface area contributed by atoms with Crippen molar-refractivity contribution in [2.24, 2.45) is 5.92 Å². The summed E-state index contributed by atoms with van der Waals surface area (Å²) in [4.78, 5) is 12.2. The Bertz CT molecular complexity index is 447. The second kappa shape index (κ2) is 7.38. The number of halogens is 1. The van der Waals surface area contributed by atoms with E-state index in [4.69, 9.17) is 9.47 Å². The molecule has 5 heteroatoms. The summed E-state index contributed by atoms with van der Waals surface area (Å²) in [6.07, 6.45) is 0.944. The number of benzene rings is 1. The summed E-state index contributed by atoms with van der Waals surface area (Å²) in [7, 11) is 3.10. The van der Waals surface area contributed by atoms with E-state index in [0.29, 0.717) is 34.0 Å². The molecule has 0 radical (unpaired) electrons. The lowest BCUT2D eigenvalue weighted by molar-refractivity contribution is 0.0948. The van der Waals surface area contributed by atoms with Crippen molar-refractivity contribution in [1.82, 2.24) is 5.32 Å². The van der Waals surface area contributed by atoms with Crippen molar-refractivity contribution in [1.29, 1.82) is 0 Å². The Hall–Kier alpha value is -1.23. The molecule has 0 aliphatic carbocycles. The second-order valence-electron chi connectivity index (χ2n) is 4.63. The molecular formula is C14H20BrNO3. The summed E-state index contributed by atoms with van der Waals surface area (Å²) in [6.45, 7) is 4.89. The SMILES string of the molecule is COc1cc(Br)c(OC)c(C(=O)NCCC(C)C)c1. The van der Waals surface area contributed by atoms with Crippen molar-refractivity contribution in [2.45, 2.75) is 20.3 Å². The topological polar surface area (TPSA) is 47.6 Å². The largest absolute Gasteiger partial charge is 0.497 e. The van der Waals surface area contributed by atoms with Crippen molar-refractivity contribution in [3.8, 4) is 11.5 Å². The highest BCUT2D eigenvalue weighted by Crippen LogP contribution is 2.33. The van der Waals surface area contributed by atoms with Crippen LogP contribution in [-0.2, 0) is 0 Å². The Balaban J connectivity index is 2.90. The van der Waals surface area contributed by atoms with E-state index in [2.05, 4.69) is 35.1 Å². The van der Waals surface area contributed by atoms with Gasteiger partial charge in [-0.25, -0.2) is 0 Å². The third-order valence-corrected chi connectivity index (χ3v) is 3.30. The van der Waals surface area contributed by atoms with E-state index < -0.39 is 0 Å². The van der Waals surface area contributed by atoms with E-state index in [-0.39, 0.29) is 5.91 Å². The number of hydrogen-bond donors (Lipinski definition) is 1. The minimum absolute atomic E-state index is 0.155. The normalized spacial score (nSPS) is 10.4. The lowest BCUT2D eigenvalue weighted by Gasteiger charge is -2.13. The Morgan fingerprint density at radius 3 is 2.53 bits per heavy atom. The average molecular weight is 330 g/mol. The summed E-state index contributed by atoms with van der Waals surface area (Å²) in [5, 5.41) is 2.89. The van der Waals surface area contributed by atoms with Gasteiger partial charge in [0.2, 0.25) is 0 Å². The first kappa shape index (κ1) is 15.8. The van der Waals surface area contributed by atoms with Gasteiger partial charge in [0.15, 0.2) is 0 Å². The van der Waals surface area contributed by atoms with E-state index >= 15 is 0 Å². The van der Waals surface area contributed by atoms with Crippen LogP contribution >= 0.6 is 15.9 Å². The predicted molar refractivity (Wildman–Crippen MR) is 79.0 cm³/mol. The molecule has 1 rings (SSSR count). The molecule has 0 aromatic heterocycles. The summed E-state index contributed by atoms with van der Waals surface area (Å²) in [5.41, 5.74) is 0.470. The van der Waals surface area contributed by atoms with E-state index in [0.717, 1.165) is 6.42 Å². The van der Waals surface area contributed by atoms with Crippen molar-refractivity contribution in [2.75, 3.05) is 20.8 Å². The fourth-order valence-corrected chi connectivity index (χ4v) is 2.23. The van der Waals surface area contributed by atoms with Gasteiger partial charge in [0.1, 0.15) is 11.5 Å². The molecule has 0 heterocycles. The van der Waals surface area contributed by atoms with E-state index in [1.54, 1.807) is 19.2 Å². The Kier molecular flexibility index (Phi) is 6.15. The molecule has 0 atom stereocenters. The van der Waals surface area contributed by atoms with Crippen molar-refractivity contribution < 1.29 is 14.3 Å². The molecular weight excluding hydrogens is 310 g/mol. The zero-order valence-corrected chi connectivity index (χ0v) is 13.3. The third kappa shape index (κ3) is 4.42. The predicted octanol–water partition coefficient (Wildman–Crippen LogP) is 3.24. The molecule has 4 nitrogen and oxygen atoms in total. The number of carbonyl (C=O) groups excluding carboxylic acids is 1. The van der Waals surface area contributed by atoms with Gasteiger partial charge in [-0.1, -0.05) is 13.8 Å². The van der Waals surface area contributed by atoms with Crippen LogP contribution in [0.2, 0.25) is 0 Å². The van der Waals surface area contributed by atoms with Gasteiger partial charge >= 0.3 is 0 Å². The van der Waals surface area contributed by atoms with Crippen LogP contribution in [0.15, 0.2) is 16.6 Å². The first-order valence-electron chi connectivity index (χ1n) is 6.19. The molecule has 0 unspecified atom stereocenters. The molecule has 0 aliphatic heterocycles. The van der Waals surface area contributed by atoms with Crippen molar-refractivity contribution >= 4 is 21.8 Å². The molecule has 0 saturated heterocycles. The molecule has 0 fully saturated rings. The first-order chi connectivity index (χ1) is 8.99. The van der Waals surface area contributed by atoms with Gasteiger partial charge in [0.05, 0.1) is 24.3 Å². The molecule has 106 valence electrons. The third-order valence-electron chi connectivity index (χ3n) is 2.71. The number of methoxy groups -OCH3 is 2. The molecule has 1 aromatic rings. The van der Waals surface area contributed by atoms with E-state index in [9.17, 15) is 4.79 Å². The van der Waals surface area contributed by atoms with Crippen LogP contribution in [0.4, 0.5) is 0 Å². The zero-order valence-electron chi connectivity index (χ0n) is 11.7. The monoisotopic (exact) mass is 329 g/mol. The average Bonchev–Trinajstić information content (AvgIpc) is 2.37. The van der Waals surface area contributed by atoms with Gasteiger partial charge in [-0.3, -0.25) is 4.79 Å². The number of hydrogen-bond acceptors (Lipinski definition) is 3. The maximum atomic E-state index is 12.2. The summed E-state index contributed by atoms with van der Waals surface area (Å²) in [5.74, 6) is 1.53. The number of amides is 1. The molecule has 19 heavy (non-hydrogen) atoms. The number of carbonyl (C=O) groups is 1. The van der Waals surface area contributed by atoms with Gasteiger partial charge in [0.25, 0.3) is 5.91 Å². The maximum absolute atomic E-state index is 12.2. The van der Waals surface area contributed by atoms with Crippen LogP contribution in [0.1, 0.15) is 30.6 Å². The highest BCUT2D eigenvalue weighted by Gasteiger charge is 2.17. The summed E-state index contributed by atoms with van der Waals surface area (Å²) in [6, 6.07) is 3.44. The van der Waals surface area contributed by atoms with Crippen LogP contribution in [0, 0.1) is 5.92 Å². The van der Waals surface area contributed by atoms with Crippen LogP contribution in [0.3, 0.4) is 0 Å². The minimum Gasteiger partial charge on any atom is -0.497 e. The quantitative estimate of drug-likeness (QED) is 0.871. The smallest absolute Gasteiger partial charge is 0.255 e. The molecule has 1 N–H and O–H groups in total. The van der Waals surface area contributed by atoms with Gasteiger partial charge < -0.3 is 14.8 Å². The Labute approximate surface area is 122 Å². The molecule has 1 aromatic carbocycles. The summed E-state index contributed by atoms with van der Waals surface area (Å²) < 4.78 is 11.1. The fourth-order valence-electron chi connectivity index (χ4n) is 1.63. The number of nitrogens with one attached hydrogen (secondary N) is 1. The number of rotatable bonds is 6. The second-order valence-corrected chi connectivity index (χ2v) is 5.48. The lowest BCUT2D eigenvalue weighted by Crippen LogP contribution is -2.25. The van der Waals surface area contributed by atoms with Gasteiger partial charge in [-0.15, -0.1) is 0 Å². The van der Waals surface area contributed by atoms with Crippen LogP contribution in [-0.4, -0.2) is 26.7 Å². The first-order valence-corrected chi connectivity index (χ1v) is 6.98. The Morgan fingerprint density at radius 1 is 1.32 bits per heavy atom. The molecule has 0 spiro atoms. The van der Waals surface area contributed by atoms with Gasteiger partial charge in [-0.2, -0.15) is 0 Å². The Morgan fingerprint density at radius 2 is 2.00 bits per heavy atom. The highest BCUT2D eigenvalue weighted by molar-refractivity contribution is 9.10. The number of ether oxygens (including phenoxy) is 2. The summed E-state index contributed by atoms with van der Waals surface area (Å²) >= 11 is 3.37. The standard InChI is InChI=1S/C14H20BrNO3/c1-9(2)5-6-16-14(17)11-7-10(18-3)8-12(15)13(11)19-4/h7-9H,5-6H2,1-4H3,(H,16,17). The van der Waals surface area contributed by atoms with Crippen molar-refractivity contribution in [3.05, 3.63) is 22.2 Å². The van der Waals surface area contributed by atoms with Crippen LogP contribution in [0.5, 0.6) is 11.5 Å². The van der Waals surface area contributed by atoms with Crippen LogP contribution in [0.25, 0.3) is 0 Å². The fraction of sp³-hybridized carbons (Fsp3) is 0.500. The zero-order chi connectivity index (χ0) is 14.4. The highest BCUT2D eigenvalue weighted by atomic mass is 79.9. The lowest BCUT2D eigenvalue weighted by atomic mass is 10.1. The molecule has 0 aliphatic rings. The maximum Gasteiger partial charge on any atom is 0.255 e. The minimum atomic E-state index is -0.155. The van der Waals surface area contributed by atoms with E-state index in [1.165, 1.54) is 7.11 Å². The van der Waals surface area contributed by atoms with Gasteiger partial charge in [-0.05, 0) is 40.4 Å². The van der Waals surface area contributed by atoms with E-state index in [1.807, 2.05) is 0 Å².